The van der Waals surface area contributed by atoms with E-state index in [1.807, 2.05) is 0 Å². The Morgan fingerprint density at radius 1 is 1.26 bits per heavy atom. The van der Waals surface area contributed by atoms with E-state index in [0.29, 0.717) is 42.9 Å². The van der Waals surface area contributed by atoms with Crippen molar-refractivity contribution >= 4 is 22.5 Å². The number of hydrogen-bond acceptors (Lipinski definition) is 5. The van der Waals surface area contributed by atoms with Gasteiger partial charge < -0.3 is 19.4 Å². The fourth-order valence-corrected chi connectivity index (χ4v) is 2.30. The van der Waals surface area contributed by atoms with Crippen molar-refractivity contribution in [1.82, 2.24) is 9.88 Å². The number of para-hydroxylation sites is 1. The third-order valence-electron chi connectivity index (χ3n) is 3.48. The maximum Gasteiger partial charge on any atom is 0.293 e. The van der Waals surface area contributed by atoms with E-state index in [0.717, 1.165) is 0 Å². The molecule has 0 aliphatic heterocycles. The number of H-pyrrole nitrogens is 1. The van der Waals surface area contributed by atoms with Gasteiger partial charge in [-0.15, -0.1) is 0 Å². The molecule has 2 aromatic rings. The molecule has 0 aliphatic carbocycles. The predicted molar refractivity (Wildman–Crippen MR) is 84.6 cm³/mol. The summed E-state index contributed by atoms with van der Waals surface area (Å²) in [5.41, 5.74) is 0.600. The number of rotatable bonds is 8. The van der Waals surface area contributed by atoms with Crippen LogP contribution < -0.4 is 0 Å². The smallest absolute Gasteiger partial charge is 0.293 e. The van der Waals surface area contributed by atoms with Crippen molar-refractivity contribution in [3.05, 3.63) is 40.1 Å². The quantitative estimate of drug-likeness (QED) is 0.590. The molecule has 0 atom stereocenters. The largest absolute Gasteiger partial charge is 0.383 e. The van der Waals surface area contributed by atoms with Crippen molar-refractivity contribution in [2.45, 2.75) is 0 Å². The standard InChI is InChI=1S/C15H19N3O5/c1-22-8-6-17(7-9-23-2)15(19)12-10-11-4-3-5-13(18(20)21)14(11)16-12/h3-5,10,16H,6-9H2,1-2H3. The molecule has 23 heavy (non-hydrogen) atoms. The van der Waals surface area contributed by atoms with Crippen LogP contribution in [0.15, 0.2) is 24.3 Å². The van der Waals surface area contributed by atoms with Gasteiger partial charge in [0.1, 0.15) is 11.2 Å². The van der Waals surface area contributed by atoms with Crippen LogP contribution in [0.3, 0.4) is 0 Å². The number of nitrogens with zero attached hydrogens (tertiary/aromatic N) is 2. The van der Waals surface area contributed by atoms with Gasteiger partial charge in [-0.3, -0.25) is 14.9 Å². The number of carbonyl (C=O) groups excluding carboxylic acids is 1. The molecule has 0 aliphatic rings. The molecule has 0 saturated carbocycles. The Bertz CT molecular complexity index is 689. The number of nitro benzene ring substituents is 1. The van der Waals surface area contributed by atoms with Crippen LogP contribution in [0.1, 0.15) is 10.5 Å². The van der Waals surface area contributed by atoms with Gasteiger partial charge in [-0.1, -0.05) is 12.1 Å². The van der Waals surface area contributed by atoms with Crippen molar-refractivity contribution < 1.29 is 19.2 Å². The minimum atomic E-state index is -0.472. The van der Waals surface area contributed by atoms with Gasteiger partial charge in [0, 0.05) is 38.8 Å². The molecule has 1 aromatic carbocycles. The van der Waals surface area contributed by atoms with Gasteiger partial charge in [-0.05, 0) is 6.07 Å². The van der Waals surface area contributed by atoms with Crippen LogP contribution in [0.5, 0.6) is 0 Å². The first-order chi connectivity index (χ1) is 11.1. The van der Waals surface area contributed by atoms with E-state index < -0.39 is 4.92 Å². The lowest BCUT2D eigenvalue weighted by atomic mass is 10.2. The number of carbonyl (C=O) groups is 1. The second-order valence-electron chi connectivity index (χ2n) is 4.96. The molecule has 8 heteroatoms. The molecule has 1 N–H and O–H groups in total. The van der Waals surface area contributed by atoms with Crippen LogP contribution in [-0.2, 0) is 9.47 Å². The number of fused-ring (bicyclic) bond motifs is 1. The predicted octanol–water partition coefficient (Wildman–Crippen LogP) is 1.81. The molecular formula is C15H19N3O5. The Hall–Kier alpha value is -2.45. The van der Waals surface area contributed by atoms with E-state index in [4.69, 9.17) is 9.47 Å². The molecule has 8 nitrogen and oxygen atoms in total. The van der Waals surface area contributed by atoms with Crippen molar-refractivity contribution in [3.63, 3.8) is 0 Å². The molecule has 0 fully saturated rings. The monoisotopic (exact) mass is 321 g/mol. The number of aromatic nitrogens is 1. The fraction of sp³-hybridized carbons (Fsp3) is 0.400. The lowest BCUT2D eigenvalue weighted by molar-refractivity contribution is -0.383. The van der Waals surface area contributed by atoms with Crippen molar-refractivity contribution in [3.8, 4) is 0 Å². The molecule has 0 unspecified atom stereocenters. The van der Waals surface area contributed by atoms with Crippen molar-refractivity contribution in [1.29, 1.82) is 0 Å². The van der Waals surface area contributed by atoms with E-state index in [-0.39, 0.29) is 11.6 Å². The number of nitro groups is 1. The molecule has 1 heterocycles. The molecule has 0 spiro atoms. The van der Waals surface area contributed by atoms with E-state index >= 15 is 0 Å². The summed E-state index contributed by atoms with van der Waals surface area (Å²) in [4.78, 5) is 27.7. The molecule has 2 rings (SSSR count). The second kappa shape index (κ2) is 7.70. The van der Waals surface area contributed by atoms with Crippen LogP contribution >= 0.6 is 0 Å². The van der Waals surface area contributed by atoms with E-state index in [2.05, 4.69) is 4.98 Å². The number of methoxy groups -OCH3 is 2. The van der Waals surface area contributed by atoms with Gasteiger partial charge >= 0.3 is 0 Å². The Morgan fingerprint density at radius 2 is 1.91 bits per heavy atom. The summed E-state index contributed by atoms with van der Waals surface area (Å²) in [6.45, 7) is 1.62. The minimum Gasteiger partial charge on any atom is -0.383 e. The fourth-order valence-electron chi connectivity index (χ4n) is 2.30. The highest BCUT2D eigenvalue weighted by molar-refractivity contribution is 6.00. The number of benzene rings is 1. The molecule has 0 saturated heterocycles. The zero-order valence-electron chi connectivity index (χ0n) is 13.1. The van der Waals surface area contributed by atoms with Crippen LogP contribution in [0.25, 0.3) is 10.9 Å². The Kier molecular flexibility index (Phi) is 5.67. The maximum atomic E-state index is 12.6. The van der Waals surface area contributed by atoms with Crippen LogP contribution in [0, 0.1) is 10.1 Å². The van der Waals surface area contributed by atoms with Gasteiger partial charge in [-0.2, -0.15) is 0 Å². The highest BCUT2D eigenvalue weighted by Gasteiger charge is 2.20. The molecule has 0 radical (unpaired) electrons. The van der Waals surface area contributed by atoms with Gasteiger partial charge in [-0.25, -0.2) is 0 Å². The number of ether oxygens (including phenoxy) is 2. The van der Waals surface area contributed by atoms with Crippen LogP contribution in [-0.4, -0.2) is 61.2 Å². The maximum absolute atomic E-state index is 12.6. The van der Waals surface area contributed by atoms with Gasteiger partial charge in [0.25, 0.3) is 11.6 Å². The lowest BCUT2D eigenvalue weighted by Crippen LogP contribution is -2.36. The zero-order valence-corrected chi connectivity index (χ0v) is 13.1. The van der Waals surface area contributed by atoms with Crippen LogP contribution in [0.4, 0.5) is 5.69 Å². The average molecular weight is 321 g/mol. The zero-order chi connectivity index (χ0) is 16.8. The molecule has 124 valence electrons. The Balaban J connectivity index is 2.31. The molecule has 1 amide bonds. The number of nitrogens with one attached hydrogen (secondary N) is 1. The van der Waals surface area contributed by atoms with Gasteiger partial charge in [0.15, 0.2) is 0 Å². The summed E-state index contributed by atoms with van der Waals surface area (Å²) >= 11 is 0. The summed E-state index contributed by atoms with van der Waals surface area (Å²) in [6.07, 6.45) is 0. The van der Waals surface area contributed by atoms with Crippen LogP contribution in [0.2, 0.25) is 0 Å². The summed E-state index contributed by atoms with van der Waals surface area (Å²) in [5, 5.41) is 11.7. The van der Waals surface area contributed by atoms with E-state index in [9.17, 15) is 14.9 Å². The SMILES string of the molecule is COCCN(CCOC)C(=O)c1cc2cccc([N+](=O)[O-])c2[nH]1. The average Bonchev–Trinajstić information content (AvgIpc) is 2.98. The van der Waals surface area contributed by atoms with Crippen molar-refractivity contribution in [2.24, 2.45) is 0 Å². The topological polar surface area (TPSA) is 97.7 Å². The number of non-ortho nitro benzene ring substituents is 1. The summed E-state index contributed by atoms with van der Waals surface area (Å²) < 4.78 is 10.0. The molecule has 1 aromatic heterocycles. The van der Waals surface area contributed by atoms with E-state index in [1.165, 1.54) is 6.07 Å². The highest BCUT2D eigenvalue weighted by Crippen LogP contribution is 2.25. The summed E-state index contributed by atoms with van der Waals surface area (Å²) in [7, 11) is 3.12. The number of aromatic amines is 1. The molecular weight excluding hydrogens is 302 g/mol. The minimum absolute atomic E-state index is 0.0538. The first-order valence-corrected chi connectivity index (χ1v) is 7.11. The summed E-state index contributed by atoms with van der Waals surface area (Å²) in [6, 6.07) is 6.35. The van der Waals surface area contributed by atoms with E-state index in [1.54, 1.807) is 37.3 Å². The number of amides is 1. The Labute approximate surface area is 133 Å². The number of hydrogen-bond donors (Lipinski definition) is 1. The lowest BCUT2D eigenvalue weighted by Gasteiger charge is -2.21. The first kappa shape index (κ1) is 16.9. The Morgan fingerprint density at radius 3 is 2.48 bits per heavy atom. The van der Waals surface area contributed by atoms with Gasteiger partial charge in [0.2, 0.25) is 0 Å². The van der Waals surface area contributed by atoms with Gasteiger partial charge in [0.05, 0.1) is 18.1 Å². The third-order valence-corrected chi connectivity index (χ3v) is 3.48. The van der Waals surface area contributed by atoms with Crippen molar-refractivity contribution in [2.75, 3.05) is 40.5 Å². The first-order valence-electron chi connectivity index (χ1n) is 7.11. The third kappa shape index (κ3) is 3.85. The second-order valence-corrected chi connectivity index (χ2v) is 4.96. The molecule has 0 bridgehead atoms. The summed E-state index contributed by atoms with van der Waals surface area (Å²) in [5.74, 6) is -0.246. The highest BCUT2D eigenvalue weighted by atomic mass is 16.6. The normalized spacial score (nSPS) is 10.9.